The fraction of sp³-hybridized carbons (Fsp3) is 0.450. The van der Waals surface area contributed by atoms with Crippen molar-refractivity contribution >= 4 is 45.0 Å². The Morgan fingerprint density at radius 3 is 2.59 bits per heavy atom. The van der Waals surface area contributed by atoms with Crippen LogP contribution >= 0.6 is 23.1 Å². The third-order valence-electron chi connectivity index (χ3n) is 4.21. The normalized spacial score (nSPS) is 15.2. The molecule has 1 N–H and O–H groups in total. The number of rotatable bonds is 4. The maximum atomic E-state index is 12.4. The Bertz CT molecular complexity index is 790. The molecule has 144 valence electrons. The molecule has 1 fully saturated rings. The van der Waals surface area contributed by atoms with E-state index in [-0.39, 0.29) is 11.3 Å². The van der Waals surface area contributed by atoms with Crippen LogP contribution in [0.1, 0.15) is 39.3 Å². The van der Waals surface area contributed by atoms with E-state index in [0.717, 1.165) is 29.6 Å². The number of benzene rings is 1. The fourth-order valence-electron chi connectivity index (χ4n) is 2.68. The summed E-state index contributed by atoms with van der Waals surface area (Å²) >= 11 is 2.97. The van der Waals surface area contributed by atoms with Crippen molar-refractivity contribution in [3.8, 4) is 0 Å². The lowest BCUT2D eigenvalue weighted by Gasteiger charge is -2.19. The molecule has 5 nitrogen and oxygen atoms in total. The van der Waals surface area contributed by atoms with Crippen LogP contribution in [0.2, 0.25) is 0 Å². The fourth-order valence-corrected chi connectivity index (χ4v) is 4.50. The molecular weight excluding hydrogens is 376 g/mol. The van der Waals surface area contributed by atoms with Gasteiger partial charge in [-0.15, -0.1) is 11.3 Å². The van der Waals surface area contributed by atoms with E-state index in [2.05, 4.69) is 36.0 Å². The van der Waals surface area contributed by atoms with Gasteiger partial charge in [-0.2, -0.15) is 0 Å². The molecule has 1 amide bonds. The highest BCUT2D eigenvalue weighted by atomic mass is 32.2. The predicted molar refractivity (Wildman–Crippen MR) is 116 cm³/mol. The molecule has 3 rings (SSSR count). The Morgan fingerprint density at radius 2 is 1.96 bits per heavy atom. The van der Waals surface area contributed by atoms with E-state index in [1.54, 1.807) is 0 Å². The SMILES string of the molecule is CC(C)(C)c1csc(NC(=O)CSC(=Nc2ccccc2)N2CCCC2)n1. The number of thiazole rings is 1. The molecular formula is C20H26N4OS2. The first-order valence-electron chi connectivity index (χ1n) is 9.19. The highest BCUT2D eigenvalue weighted by Gasteiger charge is 2.20. The maximum absolute atomic E-state index is 12.4. The number of thioether (sulfide) groups is 1. The molecule has 2 heterocycles. The second-order valence-corrected chi connectivity index (χ2v) is 9.35. The number of hydrogen-bond donors (Lipinski definition) is 1. The third-order valence-corrected chi connectivity index (χ3v) is 5.98. The van der Waals surface area contributed by atoms with Gasteiger partial charge < -0.3 is 10.2 Å². The van der Waals surface area contributed by atoms with Gasteiger partial charge in [0.05, 0.1) is 17.1 Å². The molecule has 7 heteroatoms. The first-order valence-corrected chi connectivity index (χ1v) is 11.1. The second-order valence-electron chi connectivity index (χ2n) is 7.55. The Kier molecular flexibility index (Phi) is 6.55. The third kappa shape index (κ3) is 5.81. The molecule has 1 saturated heterocycles. The average molecular weight is 403 g/mol. The van der Waals surface area contributed by atoms with Gasteiger partial charge >= 0.3 is 0 Å². The van der Waals surface area contributed by atoms with Crippen LogP contribution in [-0.4, -0.2) is 39.8 Å². The lowest BCUT2D eigenvalue weighted by Crippen LogP contribution is -2.27. The first kappa shape index (κ1) is 19.9. The van der Waals surface area contributed by atoms with Gasteiger partial charge in [0.25, 0.3) is 0 Å². The monoisotopic (exact) mass is 402 g/mol. The number of amides is 1. The zero-order chi connectivity index (χ0) is 19.3. The van der Waals surface area contributed by atoms with Gasteiger partial charge in [0, 0.05) is 23.9 Å². The summed E-state index contributed by atoms with van der Waals surface area (Å²) in [6, 6.07) is 9.91. The zero-order valence-electron chi connectivity index (χ0n) is 16.1. The minimum absolute atomic E-state index is 0.0144. The lowest BCUT2D eigenvalue weighted by atomic mass is 9.93. The molecule has 1 aromatic heterocycles. The number of nitrogens with one attached hydrogen (secondary N) is 1. The molecule has 0 radical (unpaired) electrons. The standard InChI is InChI=1S/C20H26N4OS2/c1-20(2,3)16-13-26-18(22-16)23-17(25)14-27-19(24-11-7-8-12-24)21-15-9-5-4-6-10-15/h4-6,9-10,13H,7-8,11-12,14H2,1-3H3,(H,22,23,25). The summed E-state index contributed by atoms with van der Waals surface area (Å²) in [6.07, 6.45) is 2.35. The Balaban J connectivity index is 1.62. The van der Waals surface area contributed by atoms with E-state index in [1.165, 1.54) is 35.9 Å². The van der Waals surface area contributed by atoms with Gasteiger partial charge in [-0.1, -0.05) is 50.7 Å². The van der Waals surface area contributed by atoms with Crippen molar-refractivity contribution in [2.24, 2.45) is 4.99 Å². The Morgan fingerprint density at radius 1 is 1.26 bits per heavy atom. The van der Waals surface area contributed by atoms with Gasteiger partial charge in [0.2, 0.25) is 5.91 Å². The first-order chi connectivity index (χ1) is 12.9. The summed E-state index contributed by atoms with van der Waals surface area (Å²) in [4.78, 5) is 24.0. The van der Waals surface area contributed by atoms with E-state index >= 15 is 0 Å². The summed E-state index contributed by atoms with van der Waals surface area (Å²) in [5.74, 6) is 0.279. The van der Waals surface area contributed by atoms with Crippen molar-refractivity contribution in [3.63, 3.8) is 0 Å². The molecule has 2 aromatic rings. The highest BCUT2D eigenvalue weighted by Crippen LogP contribution is 2.27. The number of amidine groups is 1. The average Bonchev–Trinajstić information content (AvgIpc) is 3.31. The van der Waals surface area contributed by atoms with Gasteiger partial charge in [-0.05, 0) is 25.0 Å². The number of anilines is 1. The summed E-state index contributed by atoms with van der Waals surface area (Å²) in [5, 5.41) is 6.51. The molecule has 0 spiro atoms. The predicted octanol–water partition coefficient (Wildman–Crippen LogP) is 4.90. The minimum Gasteiger partial charge on any atom is -0.351 e. The molecule has 0 bridgehead atoms. The molecule has 0 atom stereocenters. The van der Waals surface area contributed by atoms with E-state index in [1.807, 2.05) is 35.7 Å². The van der Waals surface area contributed by atoms with Crippen LogP contribution in [0.25, 0.3) is 0 Å². The molecule has 1 aliphatic rings. The van der Waals surface area contributed by atoms with Crippen LogP contribution in [0.3, 0.4) is 0 Å². The van der Waals surface area contributed by atoms with E-state index in [9.17, 15) is 4.79 Å². The smallest absolute Gasteiger partial charge is 0.236 e. The lowest BCUT2D eigenvalue weighted by molar-refractivity contribution is -0.113. The van der Waals surface area contributed by atoms with Gasteiger partial charge in [0.15, 0.2) is 10.3 Å². The van der Waals surface area contributed by atoms with Crippen molar-refractivity contribution in [1.82, 2.24) is 9.88 Å². The van der Waals surface area contributed by atoms with Crippen molar-refractivity contribution in [3.05, 3.63) is 41.4 Å². The maximum Gasteiger partial charge on any atom is 0.236 e. The van der Waals surface area contributed by atoms with Crippen LogP contribution in [0, 0.1) is 0 Å². The number of nitrogens with zero attached hydrogens (tertiary/aromatic N) is 3. The van der Waals surface area contributed by atoms with Crippen molar-refractivity contribution in [2.45, 2.75) is 39.0 Å². The number of aliphatic imine (C=N–C) groups is 1. The number of hydrogen-bond acceptors (Lipinski definition) is 5. The van der Waals surface area contributed by atoms with E-state index in [0.29, 0.717) is 10.9 Å². The van der Waals surface area contributed by atoms with Crippen molar-refractivity contribution in [2.75, 3.05) is 24.2 Å². The molecule has 0 unspecified atom stereocenters. The van der Waals surface area contributed by atoms with Crippen molar-refractivity contribution < 1.29 is 4.79 Å². The van der Waals surface area contributed by atoms with Crippen LogP contribution in [-0.2, 0) is 10.2 Å². The second kappa shape index (κ2) is 8.89. The topological polar surface area (TPSA) is 57.6 Å². The largest absolute Gasteiger partial charge is 0.351 e. The van der Waals surface area contributed by atoms with Crippen molar-refractivity contribution in [1.29, 1.82) is 0 Å². The van der Waals surface area contributed by atoms with Crippen LogP contribution in [0.15, 0.2) is 40.7 Å². The number of carbonyl (C=O) groups is 1. The molecule has 1 aromatic carbocycles. The number of para-hydroxylation sites is 1. The van der Waals surface area contributed by atoms with Gasteiger partial charge in [-0.3, -0.25) is 4.79 Å². The van der Waals surface area contributed by atoms with Gasteiger partial charge in [-0.25, -0.2) is 9.98 Å². The number of carbonyl (C=O) groups excluding carboxylic acids is 1. The number of likely N-dealkylation sites (tertiary alicyclic amines) is 1. The van der Waals surface area contributed by atoms with Crippen LogP contribution < -0.4 is 5.32 Å². The quantitative estimate of drug-likeness (QED) is 0.584. The minimum atomic E-state index is -0.0465. The Labute approximate surface area is 169 Å². The highest BCUT2D eigenvalue weighted by molar-refractivity contribution is 8.14. The molecule has 0 aliphatic carbocycles. The summed E-state index contributed by atoms with van der Waals surface area (Å²) in [7, 11) is 0. The summed E-state index contributed by atoms with van der Waals surface area (Å²) in [5.41, 5.74) is 1.90. The van der Waals surface area contributed by atoms with E-state index in [4.69, 9.17) is 4.99 Å². The zero-order valence-corrected chi connectivity index (χ0v) is 17.7. The molecule has 27 heavy (non-hydrogen) atoms. The summed E-state index contributed by atoms with van der Waals surface area (Å²) < 4.78 is 0. The van der Waals surface area contributed by atoms with Crippen LogP contribution in [0.4, 0.5) is 10.8 Å². The number of aromatic nitrogens is 1. The molecule has 1 aliphatic heterocycles. The summed E-state index contributed by atoms with van der Waals surface area (Å²) in [6.45, 7) is 8.35. The van der Waals surface area contributed by atoms with Gasteiger partial charge in [0.1, 0.15) is 0 Å². The molecule has 0 saturated carbocycles. The van der Waals surface area contributed by atoms with E-state index < -0.39 is 0 Å². The van der Waals surface area contributed by atoms with Crippen LogP contribution in [0.5, 0.6) is 0 Å². The Hall–Kier alpha value is -1.86.